The monoisotopic (exact) mass is 887 g/mol. The maximum atomic E-state index is 14.4. The Labute approximate surface area is 369 Å². The lowest BCUT2D eigenvalue weighted by molar-refractivity contribution is -0.365. The van der Waals surface area contributed by atoms with E-state index in [1.807, 2.05) is 13.8 Å². The number of ketones is 4. The van der Waals surface area contributed by atoms with Gasteiger partial charge in [0.25, 0.3) is 0 Å². The highest BCUT2D eigenvalue weighted by Crippen LogP contribution is 2.27. The molecule has 0 fully saturated rings. The first-order valence-electron chi connectivity index (χ1n) is 22.8. The van der Waals surface area contributed by atoms with Gasteiger partial charge in [-0.05, 0) is 12.3 Å². The maximum absolute atomic E-state index is 14.4. The Hall–Kier alpha value is -3.76. The van der Waals surface area contributed by atoms with Crippen molar-refractivity contribution in [2.24, 2.45) is 35.5 Å². The van der Waals surface area contributed by atoms with E-state index in [2.05, 4.69) is 65.5 Å². The van der Waals surface area contributed by atoms with Crippen LogP contribution in [-0.2, 0) is 38.4 Å². The minimum Gasteiger partial charge on any atom is -0.357 e. The maximum Gasteiger partial charge on any atom is 0.220 e. The fourth-order valence-corrected chi connectivity index (χ4v) is 6.82. The van der Waals surface area contributed by atoms with Crippen LogP contribution in [0.5, 0.6) is 0 Å². The fourth-order valence-electron chi connectivity index (χ4n) is 6.82. The molecular formula is C42H86N12O8+4. The third-order valence-corrected chi connectivity index (χ3v) is 10.1. The van der Waals surface area contributed by atoms with Gasteiger partial charge in [0, 0.05) is 153 Å². The molecule has 0 saturated carbocycles. The summed E-state index contributed by atoms with van der Waals surface area (Å²) in [6.45, 7) is 15.8. The molecule has 0 saturated heterocycles. The van der Waals surface area contributed by atoms with E-state index < -0.39 is 65.3 Å². The molecule has 358 valence electrons. The van der Waals surface area contributed by atoms with Crippen LogP contribution in [-0.4, -0.2) is 151 Å². The minimum atomic E-state index is -1.20. The van der Waals surface area contributed by atoms with Crippen molar-refractivity contribution in [2.45, 2.75) is 79.1 Å². The Morgan fingerprint density at radius 2 is 0.629 bits per heavy atom. The number of carbonyl (C=O) groups is 8. The number of Topliss-reactive ketones (excluding diaryl/α,β-unsaturated/α-hetero) is 4. The molecule has 20 heteroatoms. The minimum absolute atomic E-state index is 0.0481. The van der Waals surface area contributed by atoms with Crippen LogP contribution in [0, 0.1) is 35.5 Å². The molecule has 4 atom stereocenters. The fraction of sp³-hybridized carbons (Fsp3) is 0.810. The molecule has 0 aromatic carbocycles. The smallest absolute Gasteiger partial charge is 0.220 e. The lowest BCUT2D eigenvalue weighted by Gasteiger charge is -2.24. The van der Waals surface area contributed by atoms with Gasteiger partial charge in [0.05, 0.1) is 26.2 Å². The number of hydrogen-bond donors (Lipinski definition) is 12. The zero-order valence-electron chi connectivity index (χ0n) is 38.5. The van der Waals surface area contributed by atoms with Gasteiger partial charge in [-0.15, -0.1) is 0 Å². The standard InChI is InChI=1S/C42H82N12O8/c1-29(2)21-31(25-38(58)51-17-13-47-9-5-43)35(55)22-32(26-39(59)52-18-14-48-10-6-44)36(56)23-33(27-40(60)53-19-15-49-11-7-45)37(57)24-34(42(62)30(3)4)28-41(61)54-20-16-50-12-8-46/h29-34,47-50H,5-28,43-46H2,1-4H3,(H,51,58)(H,52,59)(H,53,60)(H,54,61)/p+4. The zero-order valence-corrected chi connectivity index (χ0v) is 38.5. The molecule has 4 unspecified atom stereocenters. The van der Waals surface area contributed by atoms with Gasteiger partial charge >= 0.3 is 0 Å². The Bertz CT molecular complexity index is 1340. The third-order valence-electron chi connectivity index (χ3n) is 10.1. The first-order chi connectivity index (χ1) is 29.6. The van der Waals surface area contributed by atoms with E-state index in [9.17, 15) is 38.4 Å². The Balaban J connectivity index is 6.55. The predicted molar refractivity (Wildman–Crippen MR) is 235 cm³/mol. The van der Waals surface area contributed by atoms with Gasteiger partial charge in [0.1, 0.15) is 23.1 Å². The predicted octanol–water partition coefficient (Wildman–Crippen LogP) is -6.05. The summed E-state index contributed by atoms with van der Waals surface area (Å²) < 4.78 is 0. The van der Waals surface area contributed by atoms with Crippen molar-refractivity contribution in [1.29, 1.82) is 0 Å². The van der Waals surface area contributed by atoms with Gasteiger partial charge < -0.3 is 65.5 Å². The highest BCUT2D eigenvalue weighted by molar-refractivity contribution is 5.98. The third kappa shape index (κ3) is 29.5. The number of hydrogen-bond acceptors (Lipinski definition) is 12. The van der Waals surface area contributed by atoms with Crippen LogP contribution in [0.2, 0.25) is 0 Å². The average molecular weight is 887 g/mol. The molecule has 0 radical (unpaired) electrons. The van der Waals surface area contributed by atoms with Crippen LogP contribution in [0.1, 0.15) is 79.1 Å². The molecule has 0 aliphatic rings. The topological polar surface area (TPSA) is 343 Å². The van der Waals surface area contributed by atoms with E-state index in [-0.39, 0.29) is 75.0 Å². The average Bonchev–Trinajstić information content (AvgIpc) is 3.21. The molecule has 20 N–H and O–H groups in total. The Kier molecular flexibility index (Phi) is 34.5. The molecule has 0 aromatic rings. The van der Waals surface area contributed by atoms with Crippen molar-refractivity contribution in [3.63, 3.8) is 0 Å². The van der Waals surface area contributed by atoms with Crippen molar-refractivity contribution >= 4 is 46.8 Å². The van der Waals surface area contributed by atoms with Gasteiger partial charge in [-0.25, -0.2) is 0 Å². The lowest BCUT2D eigenvalue weighted by Crippen LogP contribution is -2.54. The van der Waals surface area contributed by atoms with Crippen LogP contribution >= 0.6 is 0 Å². The van der Waals surface area contributed by atoms with Crippen molar-refractivity contribution in [3.8, 4) is 0 Å². The van der Waals surface area contributed by atoms with Gasteiger partial charge in [-0.3, -0.25) is 38.4 Å². The first-order valence-corrected chi connectivity index (χ1v) is 22.8. The van der Waals surface area contributed by atoms with Crippen molar-refractivity contribution in [1.82, 2.24) is 42.5 Å². The van der Waals surface area contributed by atoms with E-state index >= 15 is 0 Å². The van der Waals surface area contributed by atoms with Crippen LogP contribution in [0.25, 0.3) is 0 Å². The van der Waals surface area contributed by atoms with Crippen LogP contribution in [0.15, 0.2) is 0 Å². The normalized spacial score (nSPS) is 13.3. The molecule has 62 heavy (non-hydrogen) atoms. The summed E-state index contributed by atoms with van der Waals surface area (Å²) in [6.07, 6.45) is -1.86. The molecule has 0 aliphatic carbocycles. The summed E-state index contributed by atoms with van der Waals surface area (Å²) in [7, 11) is 0. The second-order valence-electron chi connectivity index (χ2n) is 16.6. The zero-order chi connectivity index (χ0) is 46.7. The second-order valence-corrected chi connectivity index (χ2v) is 16.6. The quantitative estimate of drug-likeness (QED) is 0.0256. The summed E-state index contributed by atoms with van der Waals surface area (Å²) in [5.41, 5.74) is 15.1. The summed E-state index contributed by atoms with van der Waals surface area (Å²) in [4.78, 5) is 109. The number of rotatable bonds is 41. The van der Waals surface area contributed by atoms with E-state index in [4.69, 9.17) is 0 Å². The Morgan fingerprint density at radius 1 is 0.355 bits per heavy atom. The van der Waals surface area contributed by atoms with E-state index in [0.29, 0.717) is 98.0 Å². The lowest BCUT2D eigenvalue weighted by atomic mass is 9.79. The molecule has 0 heterocycles. The first kappa shape index (κ1) is 58.2. The van der Waals surface area contributed by atoms with Gasteiger partial charge in [0.15, 0.2) is 0 Å². The highest BCUT2D eigenvalue weighted by Gasteiger charge is 2.35. The van der Waals surface area contributed by atoms with E-state index in [1.54, 1.807) is 13.8 Å². The molecule has 20 nitrogen and oxygen atoms in total. The summed E-state index contributed by atoms with van der Waals surface area (Å²) >= 11 is 0. The molecule has 0 aliphatic heterocycles. The highest BCUT2D eigenvalue weighted by atomic mass is 16.2. The molecule has 0 rings (SSSR count). The molecular weight excluding hydrogens is 801 g/mol. The SMILES string of the molecule is CC(C)CC(CC(=O)NCCNCC[NH3+])C(=O)CC(CC(=O)NCCNCC[NH3+])C(=O)CC(CC(=O)NCCNCC[NH3+])C(=O)CC(CC(=O)NCCNCC[NH3+])C(=O)C(C)C. The van der Waals surface area contributed by atoms with Crippen molar-refractivity contribution < 1.29 is 61.3 Å². The van der Waals surface area contributed by atoms with E-state index in [1.165, 1.54) is 0 Å². The second kappa shape index (κ2) is 36.7. The molecule has 4 amide bonds. The number of nitrogens with one attached hydrogen (secondary N) is 8. The van der Waals surface area contributed by atoms with Crippen molar-refractivity contribution in [2.75, 3.05) is 105 Å². The van der Waals surface area contributed by atoms with Crippen LogP contribution in [0.3, 0.4) is 0 Å². The summed E-state index contributed by atoms with van der Waals surface area (Å²) in [6, 6.07) is 0. The van der Waals surface area contributed by atoms with Gasteiger partial charge in [-0.2, -0.15) is 0 Å². The summed E-state index contributed by atoms with van der Waals surface area (Å²) in [5, 5.41) is 23.7. The van der Waals surface area contributed by atoms with Crippen LogP contribution < -0.4 is 65.5 Å². The largest absolute Gasteiger partial charge is 0.357 e. The molecule has 0 bridgehead atoms. The van der Waals surface area contributed by atoms with Crippen molar-refractivity contribution in [3.05, 3.63) is 0 Å². The number of quaternary nitrogens is 4. The number of amides is 4. The number of carbonyl (C=O) groups excluding carboxylic acids is 8. The van der Waals surface area contributed by atoms with E-state index in [0.717, 1.165) is 0 Å². The molecule has 0 aromatic heterocycles. The Morgan fingerprint density at radius 3 is 0.919 bits per heavy atom. The molecule has 0 spiro atoms. The summed E-state index contributed by atoms with van der Waals surface area (Å²) in [5.74, 6) is -7.93. The van der Waals surface area contributed by atoms with Gasteiger partial charge in [0.2, 0.25) is 23.6 Å². The van der Waals surface area contributed by atoms with Crippen LogP contribution in [0.4, 0.5) is 0 Å². The van der Waals surface area contributed by atoms with Gasteiger partial charge in [-0.1, -0.05) is 27.7 Å².